The van der Waals surface area contributed by atoms with Crippen molar-refractivity contribution in [1.82, 2.24) is 0 Å². The van der Waals surface area contributed by atoms with E-state index in [1.54, 1.807) is 0 Å². The highest BCUT2D eigenvalue weighted by Crippen LogP contribution is 2.17. The summed E-state index contributed by atoms with van der Waals surface area (Å²) in [7, 11) is 0. The standard InChI is InChI=1S/C16H26N2O3/c1-6-20-11-12(2)17-13-8-7-9-14(10-13)18-15(19)21-16(3,4)5/h7-10,12,17H,6,11H2,1-5H3,(H,18,19). The van der Waals surface area contributed by atoms with Gasteiger partial charge in [0.05, 0.1) is 6.61 Å². The summed E-state index contributed by atoms with van der Waals surface area (Å²) in [4.78, 5) is 11.7. The van der Waals surface area contributed by atoms with Crippen LogP contribution in [0.5, 0.6) is 0 Å². The van der Waals surface area contributed by atoms with Crippen LogP contribution in [0.3, 0.4) is 0 Å². The van der Waals surface area contributed by atoms with E-state index in [9.17, 15) is 4.79 Å². The first-order valence-corrected chi connectivity index (χ1v) is 7.24. The molecule has 0 saturated carbocycles. The number of carbonyl (C=O) groups is 1. The van der Waals surface area contributed by atoms with Gasteiger partial charge in [0, 0.05) is 24.0 Å². The number of anilines is 2. The Morgan fingerprint density at radius 3 is 2.57 bits per heavy atom. The minimum Gasteiger partial charge on any atom is -0.444 e. The van der Waals surface area contributed by atoms with Gasteiger partial charge in [0.1, 0.15) is 5.60 Å². The first-order valence-electron chi connectivity index (χ1n) is 7.24. The van der Waals surface area contributed by atoms with Crippen molar-refractivity contribution >= 4 is 17.5 Å². The molecule has 1 atom stereocenters. The molecule has 118 valence electrons. The molecule has 0 heterocycles. The Bertz CT molecular complexity index is 455. The van der Waals surface area contributed by atoms with Gasteiger partial charge >= 0.3 is 6.09 Å². The zero-order chi connectivity index (χ0) is 15.9. The Morgan fingerprint density at radius 1 is 1.29 bits per heavy atom. The van der Waals surface area contributed by atoms with Crippen LogP contribution in [0.25, 0.3) is 0 Å². The van der Waals surface area contributed by atoms with Gasteiger partial charge in [0.2, 0.25) is 0 Å². The highest BCUT2D eigenvalue weighted by atomic mass is 16.6. The van der Waals surface area contributed by atoms with Crippen LogP contribution in [0.15, 0.2) is 24.3 Å². The topological polar surface area (TPSA) is 59.6 Å². The average Bonchev–Trinajstić information content (AvgIpc) is 2.34. The number of hydrogen-bond acceptors (Lipinski definition) is 4. The molecule has 0 fully saturated rings. The number of hydrogen-bond donors (Lipinski definition) is 2. The molecule has 1 aromatic carbocycles. The number of nitrogens with one attached hydrogen (secondary N) is 2. The van der Waals surface area contributed by atoms with Crippen molar-refractivity contribution in [2.75, 3.05) is 23.8 Å². The lowest BCUT2D eigenvalue weighted by Gasteiger charge is -2.20. The first-order chi connectivity index (χ1) is 9.80. The quantitative estimate of drug-likeness (QED) is 0.836. The van der Waals surface area contributed by atoms with E-state index in [0.29, 0.717) is 18.9 Å². The summed E-state index contributed by atoms with van der Waals surface area (Å²) in [5.41, 5.74) is 1.11. The van der Waals surface area contributed by atoms with Crippen LogP contribution in [0.1, 0.15) is 34.6 Å². The molecule has 0 radical (unpaired) electrons. The SMILES string of the molecule is CCOCC(C)Nc1cccc(NC(=O)OC(C)(C)C)c1. The molecule has 0 aromatic heterocycles. The largest absolute Gasteiger partial charge is 0.444 e. The molecule has 5 nitrogen and oxygen atoms in total. The Morgan fingerprint density at radius 2 is 1.95 bits per heavy atom. The fraction of sp³-hybridized carbons (Fsp3) is 0.562. The number of rotatable bonds is 6. The minimum atomic E-state index is -0.508. The smallest absolute Gasteiger partial charge is 0.412 e. The highest BCUT2D eigenvalue weighted by Gasteiger charge is 2.16. The lowest BCUT2D eigenvalue weighted by atomic mass is 10.2. The van der Waals surface area contributed by atoms with Gasteiger partial charge in [-0.25, -0.2) is 4.79 Å². The third-order valence-corrected chi connectivity index (χ3v) is 2.49. The minimum absolute atomic E-state index is 0.196. The van der Waals surface area contributed by atoms with Gasteiger partial charge in [-0.05, 0) is 52.8 Å². The summed E-state index contributed by atoms with van der Waals surface area (Å²) in [5.74, 6) is 0. The predicted molar refractivity (Wildman–Crippen MR) is 85.9 cm³/mol. The van der Waals surface area contributed by atoms with Gasteiger partial charge in [0.15, 0.2) is 0 Å². The fourth-order valence-corrected chi connectivity index (χ4v) is 1.73. The third-order valence-electron chi connectivity index (χ3n) is 2.49. The lowest BCUT2D eigenvalue weighted by molar-refractivity contribution is 0.0636. The summed E-state index contributed by atoms with van der Waals surface area (Å²) in [6, 6.07) is 7.71. The summed E-state index contributed by atoms with van der Waals surface area (Å²) in [5, 5.41) is 6.04. The maximum atomic E-state index is 11.7. The van der Waals surface area contributed by atoms with E-state index in [4.69, 9.17) is 9.47 Å². The molecule has 2 N–H and O–H groups in total. The zero-order valence-corrected chi connectivity index (χ0v) is 13.5. The summed E-state index contributed by atoms with van der Waals surface area (Å²) >= 11 is 0. The van der Waals surface area contributed by atoms with Gasteiger partial charge in [-0.3, -0.25) is 5.32 Å². The number of carbonyl (C=O) groups excluding carboxylic acids is 1. The maximum absolute atomic E-state index is 11.7. The van der Waals surface area contributed by atoms with Crippen LogP contribution in [0.2, 0.25) is 0 Å². The lowest BCUT2D eigenvalue weighted by Crippen LogP contribution is -2.27. The molecule has 0 spiro atoms. The second-order valence-corrected chi connectivity index (χ2v) is 5.91. The second-order valence-electron chi connectivity index (χ2n) is 5.91. The van der Waals surface area contributed by atoms with Crippen LogP contribution >= 0.6 is 0 Å². The molecule has 5 heteroatoms. The Balaban J connectivity index is 2.58. The average molecular weight is 294 g/mol. The molecule has 1 aromatic rings. The maximum Gasteiger partial charge on any atom is 0.412 e. The van der Waals surface area contributed by atoms with E-state index < -0.39 is 11.7 Å². The Kier molecular flexibility index (Phi) is 6.49. The van der Waals surface area contributed by atoms with E-state index in [2.05, 4.69) is 10.6 Å². The summed E-state index contributed by atoms with van der Waals surface area (Å²) < 4.78 is 10.6. The zero-order valence-electron chi connectivity index (χ0n) is 13.5. The van der Waals surface area contributed by atoms with Crippen molar-refractivity contribution in [2.24, 2.45) is 0 Å². The van der Waals surface area contributed by atoms with E-state index in [1.165, 1.54) is 0 Å². The number of benzene rings is 1. The summed E-state index contributed by atoms with van der Waals surface area (Å²) in [6.07, 6.45) is -0.456. The van der Waals surface area contributed by atoms with Crippen molar-refractivity contribution in [1.29, 1.82) is 0 Å². The molecule has 0 bridgehead atoms. The van der Waals surface area contributed by atoms with Crippen LogP contribution in [-0.2, 0) is 9.47 Å². The van der Waals surface area contributed by atoms with Crippen molar-refractivity contribution in [3.05, 3.63) is 24.3 Å². The van der Waals surface area contributed by atoms with E-state index in [1.807, 2.05) is 58.9 Å². The van der Waals surface area contributed by atoms with Gasteiger partial charge < -0.3 is 14.8 Å². The Labute approximate surface area is 127 Å². The monoisotopic (exact) mass is 294 g/mol. The molecule has 1 rings (SSSR count). The van der Waals surface area contributed by atoms with E-state index >= 15 is 0 Å². The molecule has 1 amide bonds. The molecule has 0 aliphatic rings. The second kappa shape index (κ2) is 7.88. The highest BCUT2D eigenvalue weighted by molar-refractivity contribution is 5.85. The molecule has 0 aliphatic heterocycles. The molecule has 0 aliphatic carbocycles. The van der Waals surface area contributed by atoms with Gasteiger partial charge in [-0.2, -0.15) is 0 Å². The van der Waals surface area contributed by atoms with Gasteiger partial charge in [-0.15, -0.1) is 0 Å². The van der Waals surface area contributed by atoms with Gasteiger partial charge in [0.25, 0.3) is 0 Å². The first kappa shape index (κ1) is 17.3. The fourth-order valence-electron chi connectivity index (χ4n) is 1.73. The third kappa shape index (κ3) is 7.56. The molecule has 0 saturated heterocycles. The van der Waals surface area contributed by atoms with Crippen molar-refractivity contribution in [2.45, 2.75) is 46.3 Å². The van der Waals surface area contributed by atoms with Crippen molar-refractivity contribution in [3.63, 3.8) is 0 Å². The van der Waals surface area contributed by atoms with Crippen molar-refractivity contribution in [3.8, 4) is 0 Å². The Hall–Kier alpha value is -1.75. The van der Waals surface area contributed by atoms with E-state index in [0.717, 1.165) is 5.69 Å². The van der Waals surface area contributed by atoms with E-state index in [-0.39, 0.29) is 6.04 Å². The molecular weight excluding hydrogens is 268 g/mol. The van der Waals surface area contributed by atoms with Crippen LogP contribution < -0.4 is 10.6 Å². The molecular formula is C16H26N2O3. The number of ether oxygens (including phenoxy) is 2. The van der Waals surface area contributed by atoms with Crippen LogP contribution in [0.4, 0.5) is 16.2 Å². The molecule has 21 heavy (non-hydrogen) atoms. The predicted octanol–water partition coefficient (Wildman–Crippen LogP) is 3.87. The number of amides is 1. The molecule has 1 unspecified atom stereocenters. The normalized spacial score (nSPS) is 12.6. The van der Waals surface area contributed by atoms with Crippen molar-refractivity contribution < 1.29 is 14.3 Å². The van der Waals surface area contributed by atoms with Crippen LogP contribution in [0, 0.1) is 0 Å². The summed E-state index contributed by atoms with van der Waals surface area (Å²) in [6.45, 7) is 10.9. The van der Waals surface area contributed by atoms with Crippen LogP contribution in [-0.4, -0.2) is 30.9 Å². The van der Waals surface area contributed by atoms with Gasteiger partial charge in [-0.1, -0.05) is 6.07 Å².